The Morgan fingerprint density at radius 2 is 0.943 bits per heavy atom. The van der Waals surface area contributed by atoms with Gasteiger partial charge in [0, 0.05) is 43.2 Å². The molecule has 0 aliphatic heterocycles. The van der Waals surface area contributed by atoms with Gasteiger partial charge in [-0.1, -0.05) is 133 Å². The molecule has 9 aromatic rings. The van der Waals surface area contributed by atoms with E-state index in [2.05, 4.69) is 180 Å². The molecule has 7 heteroatoms. The third kappa shape index (κ3) is 6.81. The first kappa shape index (κ1) is 34.0. The largest absolute Gasteiger partial charge is 0.309 e. The van der Waals surface area contributed by atoms with Crippen LogP contribution in [-0.2, 0) is 0 Å². The molecule has 6 aromatic carbocycles. The number of aromatic nitrogens is 4. The summed E-state index contributed by atoms with van der Waals surface area (Å²) in [6, 6.07) is 59.4. The third-order valence-electron chi connectivity index (χ3n) is 9.28. The van der Waals surface area contributed by atoms with Crippen LogP contribution in [0.15, 0.2) is 175 Å². The second kappa shape index (κ2) is 15.2. The fraction of sp³-hybridized carbons (Fsp3) is 0.0217. The number of hydrogen-bond donors (Lipinski definition) is 2. The van der Waals surface area contributed by atoms with Crippen molar-refractivity contribution >= 4 is 56.0 Å². The predicted molar refractivity (Wildman–Crippen MR) is 227 cm³/mol. The Morgan fingerprint density at radius 3 is 1.60 bits per heavy atom. The zero-order valence-electron chi connectivity index (χ0n) is 29.0. The third-order valence-corrected chi connectivity index (χ3v) is 10.3. The zero-order valence-corrected chi connectivity index (χ0v) is 30.7. The number of benzene rings is 6. The van der Waals surface area contributed by atoms with Crippen molar-refractivity contribution in [3.05, 3.63) is 181 Å². The van der Waals surface area contributed by atoms with Crippen molar-refractivity contribution < 1.29 is 0 Å². The van der Waals surface area contributed by atoms with E-state index < -0.39 is 0 Å². The Hall–Kier alpha value is -6.12. The lowest BCUT2D eigenvalue weighted by molar-refractivity contribution is 1.07. The summed E-state index contributed by atoms with van der Waals surface area (Å²) in [5.74, 6) is 1.87. The molecule has 0 atom stereocenters. The van der Waals surface area contributed by atoms with Gasteiger partial charge in [0.2, 0.25) is 0 Å². The molecular formula is C46H35N5S2. The van der Waals surface area contributed by atoms with E-state index in [4.69, 9.17) is 15.0 Å². The Labute approximate surface area is 318 Å². The lowest BCUT2D eigenvalue weighted by Gasteiger charge is -2.11. The van der Waals surface area contributed by atoms with Crippen LogP contribution in [0.25, 0.3) is 82.9 Å². The molecular weight excluding hydrogens is 687 g/mol. The Kier molecular flexibility index (Phi) is 9.77. The van der Waals surface area contributed by atoms with Crippen molar-refractivity contribution in [2.24, 2.45) is 5.14 Å². The molecule has 3 heterocycles. The average molecular weight is 722 g/mol. The smallest absolute Gasteiger partial charge is 0.164 e. The first-order chi connectivity index (χ1) is 26.2. The second-order valence-electron chi connectivity index (χ2n) is 12.6. The lowest BCUT2D eigenvalue weighted by Crippen LogP contribution is -2.00. The van der Waals surface area contributed by atoms with E-state index in [0.29, 0.717) is 17.5 Å². The molecule has 0 fully saturated rings. The van der Waals surface area contributed by atoms with Gasteiger partial charge in [0.15, 0.2) is 17.5 Å². The molecule has 0 radical (unpaired) electrons. The zero-order chi connectivity index (χ0) is 36.1. The first-order valence-electron chi connectivity index (χ1n) is 17.3. The summed E-state index contributed by atoms with van der Waals surface area (Å²) < 4.78 is 3.54. The molecule has 0 amide bonds. The van der Waals surface area contributed by atoms with Crippen molar-refractivity contribution in [3.8, 4) is 51.0 Å². The molecule has 256 valence electrons. The van der Waals surface area contributed by atoms with E-state index in [9.17, 15) is 0 Å². The topological polar surface area (TPSA) is 69.6 Å². The standard InChI is InChI=1S/C46H32N4S.H3NS/c1-31-27-37(50-41-24-11-8-22-39(41)40-23-9-12-25-42(40)50)29-36(30-51-43-26-13-10-21-38(31)43)46-48-44(33-17-6-3-7-18-33)47-45(49-46)35-20-14-19-34(28-35)32-15-4-2-5-16-32;1-2/h2-30H,1H3;2H,1H2. The first-order valence-corrected chi connectivity index (χ1v) is 18.7. The molecule has 9 rings (SSSR count). The fourth-order valence-corrected chi connectivity index (χ4v) is 7.76. The Bertz CT molecular complexity index is 2720. The fourth-order valence-electron chi connectivity index (χ4n) is 6.82. The van der Waals surface area contributed by atoms with Crippen LogP contribution in [0, 0.1) is 6.92 Å². The van der Waals surface area contributed by atoms with Gasteiger partial charge >= 0.3 is 0 Å². The van der Waals surface area contributed by atoms with Gasteiger partial charge in [-0.25, -0.2) is 15.0 Å². The SMILES string of the molecule is Cc1cc(-n2c3ccccc3c3ccccc32)cc(-c2nc(-c3ccccc3)nc(-c3cccc(-c4ccccc4)c3)n2)csc2ccccc12.NS. The van der Waals surface area contributed by atoms with Gasteiger partial charge in [0.05, 0.1) is 11.0 Å². The predicted octanol–water partition coefficient (Wildman–Crippen LogP) is 12.1. The summed E-state index contributed by atoms with van der Waals surface area (Å²) in [4.78, 5) is 15.5. The average Bonchev–Trinajstić information content (AvgIpc) is 3.60. The number of rotatable bonds is 5. The van der Waals surface area contributed by atoms with Gasteiger partial charge in [-0.05, 0) is 65.4 Å². The van der Waals surface area contributed by atoms with Crippen LogP contribution in [0.1, 0.15) is 5.56 Å². The number of fused-ring (bicyclic) bond motifs is 4. The van der Waals surface area contributed by atoms with Gasteiger partial charge in [-0.3, -0.25) is 5.14 Å². The van der Waals surface area contributed by atoms with Crippen LogP contribution in [0.3, 0.4) is 0 Å². The molecule has 0 saturated carbocycles. The Morgan fingerprint density at radius 1 is 0.453 bits per heavy atom. The number of para-hydroxylation sites is 2. The number of hydrogen-bond acceptors (Lipinski definition) is 6. The monoisotopic (exact) mass is 721 g/mol. The molecule has 2 N–H and O–H groups in total. The van der Waals surface area contributed by atoms with Crippen molar-refractivity contribution in [2.75, 3.05) is 0 Å². The van der Waals surface area contributed by atoms with E-state index in [0.717, 1.165) is 44.5 Å². The van der Waals surface area contributed by atoms with E-state index in [-0.39, 0.29) is 0 Å². The van der Waals surface area contributed by atoms with E-state index >= 15 is 0 Å². The van der Waals surface area contributed by atoms with Crippen molar-refractivity contribution in [2.45, 2.75) is 6.92 Å². The summed E-state index contributed by atoms with van der Waals surface area (Å²) in [5, 5.41) is 10.0. The van der Waals surface area contributed by atoms with E-state index in [1.807, 2.05) is 24.3 Å². The van der Waals surface area contributed by atoms with Gasteiger partial charge in [-0.15, -0.1) is 24.2 Å². The van der Waals surface area contributed by atoms with Crippen molar-refractivity contribution in [1.82, 2.24) is 19.5 Å². The van der Waals surface area contributed by atoms with Crippen LogP contribution in [0.2, 0.25) is 0 Å². The van der Waals surface area contributed by atoms with Gasteiger partial charge in [0.1, 0.15) is 0 Å². The summed E-state index contributed by atoms with van der Waals surface area (Å²) in [5.41, 5.74) is 9.53. The molecule has 0 unspecified atom stereocenters. The maximum Gasteiger partial charge on any atom is 0.164 e. The molecule has 0 saturated heterocycles. The molecule has 3 aromatic heterocycles. The highest BCUT2D eigenvalue weighted by molar-refractivity contribution is 7.77. The number of nitrogens with zero attached hydrogens (tertiary/aromatic N) is 4. The van der Waals surface area contributed by atoms with Crippen LogP contribution >= 0.6 is 24.2 Å². The highest BCUT2D eigenvalue weighted by Crippen LogP contribution is 2.35. The summed E-state index contributed by atoms with van der Waals surface area (Å²) >= 11 is 4.72. The van der Waals surface area contributed by atoms with E-state index in [1.54, 1.807) is 11.3 Å². The van der Waals surface area contributed by atoms with Gasteiger partial charge < -0.3 is 4.57 Å². The number of nitrogens with two attached hydrogens (primary N) is 1. The Balaban J connectivity index is 0.00000197. The highest BCUT2D eigenvalue weighted by Gasteiger charge is 2.16. The second-order valence-corrected chi connectivity index (χ2v) is 13.5. The van der Waals surface area contributed by atoms with E-state index in [1.165, 1.54) is 26.4 Å². The normalized spacial score (nSPS) is 10.9. The van der Waals surface area contributed by atoms with Crippen LogP contribution < -0.4 is 5.14 Å². The molecule has 0 aliphatic carbocycles. The lowest BCUT2D eigenvalue weighted by atomic mass is 10.0. The summed E-state index contributed by atoms with van der Waals surface area (Å²) in [6.45, 7) is 2.19. The minimum Gasteiger partial charge on any atom is -0.309 e. The van der Waals surface area contributed by atoms with Crippen LogP contribution in [0.4, 0.5) is 0 Å². The van der Waals surface area contributed by atoms with Gasteiger partial charge in [0.25, 0.3) is 0 Å². The summed E-state index contributed by atoms with van der Waals surface area (Å²) in [6.07, 6.45) is 0. The molecule has 0 aliphatic rings. The number of aryl methyl sites for hydroxylation is 1. The minimum atomic E-state index is 0.611. The van der Waals surface area contributed by atoms with Crippen molar-refractivity contribution in [1.29, 1.82) is 0 Å². The maximum atomic E-state index is 5.23. The number of thiol groups is 1. The molecule has 0 bridgehead atoms. The summed E-state index contributed by atoms with van der Waals surface area (Å²) in [7, 11) is 0. The molecule has 0 spiro atoms. The molecule has 5 nitrogen and oxygen atoms in total. The van der Waals surface area contributed by atoms with Crippen molar-refractivity contribution in [3.63, 3.8) is 0 Å². The van der Waals surface area contributed by atoms with Gasteiger partial charge in [-0.2, -0.15) is 0 Å². The maximum absolute atomic E-state index is 5.23. The highest BCUT2D eigenvalue weighted by atomic mass is 32.1. The van der Waals surface area contributed by atoms with Crippen LogP contribution in [0.5, 0.6) is 0 Å². The minimum absolute atomic E-state index is 0.611. The quantitative estimate of drug-likeness (QED) is 0.174. The molecule has 53 heavy (non-hydrogen) atoms. The van der Waals surface area contributed by atoms with Crippen LogP contribution in [-0.4, -0.2) is 19.5 Å².